The van der Waals surface area contributed by atoms with Gasteiger partial charge in [0.25, 0.3) is 0 Å². The van der Waals surface area contributed by atoms with Gasteiger partial charge in [-0.15, -0.1) is 0 Å². The molecule has 2 aliphatic rings. The van der Waals surface area contributed by atoms with Gasteiger partial charge in [0, 0.05) is 49.7 Å². The SMILES string of the molecule is c1ccc2c(c1)-c1ccccc1C21c2ccccc2-c2cc(N(c3ccc(-c4nc5ccccc5c5ccccc45)cc3)c3ccc(-c4cccc5c4oc4ccccc45)cc3)ccc21. The van der Waals surface area contributed by atoms with Crippen LogP contribution in [-0.4, -0.2) is 4.98 Å². The molecule has 0 bridgehead atoms. The van der Waals surface area contributed by atoms with Crippen LogP contribution in [0, 0.1) is 0 Å². The first-order valence-electron chi connectivity index (χ1n) is 22.4. The maximum atomic E-state index is 6.49. The number of anilines is 3. The van der Waals surface area contributed by atoms with Gasteiger partial charge in [-0.25, -0.2) is 4.98 Å². The fourth-order valence-electron chi connectivity index (χ4n) is 11.3. The number of para-hydroxylation sites is 3. The van der Waals surface area contributed by atoms with Gasteiger partial charge in [0.15, 0.2) is 0 Å². The van der Waals surface area contributed by atoms with E-state index in [2.05, 4.69) is 223 Å². The van der Waals surface area contributed by atoms with E-state index in [-0.39, 0.29) is 0 Å². The molecule has 0 atom stereocenters. The van der Waals surface area contributed by atoms with Crippen LogP contribution in [0.5, 0.6) is 0 Å². The van der Waals surface area contributed by atoms with Crippen molar-refractivity contribution in [3.05, 3.63) is 253 Å². The maximum Gasteiger partial charge on any atom is 0.143 e. The molecule has 2 heterocycles. The highest BCUT2D eigenvalue weighted by atomic mass is 16.3. The Morgan fingerprint density at radius 2 is 0.831 bits per heavy atom. The van der Waals surface area contributed by atoms with E-state index in [9.17, 15) is 0 Å². The van der Waals surface area contributed by atoms with E-state index in [1.165, 1.54) is 55.3 Å². The van der Waals surface area contributed by atoms with E-state index in [1.807, 2.05) is 12.1 Å². The number of aromatic nitrogens is 1. The highest BCUT2D eigenvalue weighted by molar-refractivity contribution is 6.11. The fourth-order valence-corrected chi connectivity index (χ4v) is 11.3. The van der Waals surface area contributed by atoms with Crippen molar-refractivity contribution in [2.75, 3.05) is 4.90 Å². The van der Waals surface area contributed by atoms with Crippen molar-refractivity contribution < 1.29 is 4.42 Å². The van der Waals surface area contributed by atoms with Crippen LogP contribution >= 0.6 is 0 Å². The van der Waals surface area contributed by atoms with E-state index in [4.69, 9.17) is 9.40 Å². The van der Waals surface area contributed by atoms with E-state index >= 15 is 0 Å². The minimum Gasteiger partial charge on any atom is -0.455 e. The summed E-state index contributed by atoms with van der Waals surface area (Å²) in [7, 11) is 0. The molecule has 0 saturated heterocycles. The van der Waals surface area contributed by atoms with Crippen LogP contribution in [0.25, 0.3) is 88.3 Å². The standard InChI is InChI=1S/C62H38N2O/c1-2-20-51-45(14-1)49-18-6-11-26-58(49)63-60(51)40-30-34-42(35-31-40)64(41-32-28-39(29-33-41)44-21-13-22-52-50-19-7-12-27-59(50)65-61(44)52)43-36-37-57-53(38-43)48-17-5-10-25-56(48)62(57)54-23-8-3-15-46(54)47-16-4-9-24-55(47)62/h1-38H. The number of benzene rings is 10. The Labute approximate surface area is 376 Å². The summed E-state index contributed by atoms with van der Waals surface area (Å²) in [6, 6.07) is 83.8. The lowest BCUT2D eigenvalue weighted by molar-refractivity contribution is 0.670. The van der Waals surface area contributed by atoms with Gasteiger partial charge in [-0.2, -0.15) is 0 Å². The summed E-state index contributed by atoms with van der Waals surface area (Å²) in [5.41, 5.74) is 20.3. The van der Waals surface area contributed by atoms with Gasteiger partial charge in [0.1, 0.15) is 11.2 Å². The molecule has 0 amide bonds. The molecule has 12 aromatic rings. The minimum absolute atomic E-state index is 0.404. The number of hydrogen-bond donors (Lipinski definition) is 0. The molecular weight excluding hydrogens is 789 g/mol. The molecule has 0 fully saturated rings. The zero-order valence-electron chi connectivity index (χ0n) is 35.2. The van der Waals surface area contributed by atoms with E-state index in [0.717, 1.165) is 72.3 Å². The van der Waals surface area contributed by atoms with Gasteiger partial charge >= 0.3 is 0 Å². The molecule has 14 rings (SSSR count). The summed E-state index contributed by atoms with van der Waals surface area (Å²) in [5.74, 6) is 0. The molecule has 3 heteroatoms. The Bertz CT molecular complexity index is 3850. The number of hydrogen-bond acceptors (Lipinski definition) is 3. The Morgan fingerprint density at radius 1 is 0.338 bits per heavy atom. The van der Waals surface area contributed by atoms with Crippen LogP contribution in [0.15, 0.2) is 235 Å². The molecule has 3 nitrogen and oxygen atoms in total. The van der Waals surface area contributed by atoms with E-state index in [0.29, 0.717) is 0 Å². The zero-order valence-corrected chi connectivity index (χ0v) is 35.2. The van der Waals surface area contributed by atoms with Crippen molar-refractivity contribution in [1.82, 2.24) is 4.98 Å². The average molecular weight is 827 g/mol. The van der Waals surface area contributed by atoms with Gasteiger partial charge in [-0.3, -0.25) is 0 Å². The predicted molar refractivity (Wildman–Crippen MR) is 268 cm³/mol. The average Bonchev–Trinajstić information content (AvgIpc) is 4.01. The van der Waals surface area contributed by atoms with E-state index < -0.39 is 5.41 Å². The van der Waals surface area contributed by atoms with Crippen molar-refractivity contribution in [2.45, 2.75) is 5.41 Å². The summed E-state index contributed by atoms with van der Waals surface area (Å²) in [6.45, 7) is 0. The first kappa shape index (κ1) is 36.0. The number of rotatable bonds is 5. The summed E-state index contributed by atoms with van der Waals surface area (Å²) < 4.78 is 6.49. The molecule has 65 heavy (non-hydrogen) atoms. The number of pyridine rings is 1. The molecule has 0 saturated carbocycles. The number of fused-ring (bicyclic) bond motifs is 16. The molecule has 0 N–H and O–H groups in total. The zero-order chi connectivity index (χ0) is 42.6. The third-order valence-corrected chi connectivity index (χ3v) is 14.1. The van der Waals surface area contributed by atoms with Crippen LogP contribution in [0.1, 0.15) is 22.3 Å². The van der Waals surface area contributed by atoms with Crippen molar-refractivity contribution in [3.8, 4) is 44.6 Å². The quantitative estimate of drug-likeness (QED) is 0.162. The van der Waals surface area contributed by atoms with Crippen molar-refractivity contribution in [3.63, 3.8) is 0 Å². The van der Waals surface area contributed by atoms with Crippen LogP contribution < -0.4 is 4.90 Å². The summed E-state index contributed by atoms with van der Waals surface area (Å²) in [4.78, 5) is 7.64. The lowest BCUT2D eigenvalue weighted by atomic mass is 9.70. The Kier molecular flexibility index (Phi) is 7.61. The largest absolute Gasteiger partial charge is 0.455 e. The van der Waals surface area contributed by atoms with Gasteiger partial charge < -0.3 is 9.32 Å². The summed E-state index contributed by atoms with van der Waals surface area (Å²) in [6.07, 6.45) is 0. The summed E-state index contributed by atoms with van der Waals surface area (Å²) >= 11 is 0. The molecule has 1 spiro atoms. The molecule has 2 aliphatic carbocycles. The van der Waals surface area contributed by atoms with Crippen LogP contribution in [0.3, 0.4) is 0 Å². The molecule has 0 unspecified atom stereocenters. The molecule has 0 aliphatic heterocycles. The Balaban J connectivity index is 0.946. The monoisotopic (exact) mass is 826 g/mol. The maximum absolute atomic E-state index is 6.49. The highest BCUT2D eigenvalue weighted by Gasteiger charge is 2.51. The van der Waals surface area contributed by atoms with Crippen molar-refractivity contribution in [1.29, 1.82) is 0 Å². The third-order valence-electron chi connectivity index (χ3n) is 14.1. The summed E-state index contributed by atoms with van der Waals surface area (Å²) in [5, 5.41) is 5.78. The first-order chi connectivity index (χ1) is 32.2. The second-order valence-electron chi connectivity index (χ2n) is 17.3. The van der Waals surface area contributed by atoms with Gasteiger partial charge in [0.2, 0.25) is 0 Å². The third kappa shape index (κ3) is 5.09. The van der Waals surface area contributed by atoms with Crippen LogP contribution in [0.2, 0.25) is 0 Å². The van der Waals surface area contributed by atoms with Gasteiger partial charge in [-0.1, -0.05) is 182 Å². The molecule has 302 valence electrons. The topological polar surface area (TPSA) is 29.3 Å². The molecular formula is C62H38N2O. The first-order valence-corrected chi connectivity index (χ1v) is 22.4. The smallest absolute Gasteiger partial charge is 0.143 e. The predicted octanol–water partition coefficient (Wildman–Crippen LogP) is 16.4. The minimum atomic E-state index is -0.404. The number of furan rings is 1. The van der Waals surface area contributed by atoms with Crippen molar-refractivity contribution >= 4 is 60.7 Å². The lowest BCUT2D eigenvalue weighted by Gasteiger charge is -2.31. The van der Waals surface area contributed by atoms with Gasteiger partial charge in [-0.05, 0) is 104 Å². The van der Waals surface area contributed by atoms with E-state index in [1.54, 1.807) is 0 Å². The molecule has 0 radical (unpaired) electrons. The van der Waals surface area contributed by atoms with Crippen LogP contribution in [-0.2, 0) is 5.41 Å². The molecule has 10 aromatic carbocycles. The second kappa shape index (κ2) is 13.7. The Morgan fingerprint density at radius 3 is 1.52 bits per heavy atom. The second-order valence-corrected chi connectivity index (χ2v) is 17.3. The van der Waals surface area contributed by atoms with Gasteiger partial charge in [0.05, 0.1) is 16.6 Å². The molecule has 2 aromatic heterocycles. The highest BCUT2D eigenvalue weighted by Crippen LogP contribution is 2.63. The van der Waals surface area contributed by atoms with Crippen LogP contribution in [0.4, 0.5) is 17.1 Å². The fraction of sp³-hybridized carbons (Fsp3) is 0.0161. The Hall–Kier alpha value is -8.53. The lowest BCUT2D eigenvalue weighted by Crippen LogP contribution is -2.25. The normalized spacial score (nSPS) is 13.0. The van der Waals surface area contributed by atoms with Crippen molar-refractivity contribution in [2.24, 2.45) is 0 Å². The number of nitrogens with zero attached hydrogens (tertiary/aromatic N) is 2.